The third kappa shape index (κ3) is 2.48. The number of carbonyl (C=O) groups excluding carboxylic acids is 1. The van der Waals surface area contributed by atoms with Crippen LogP contribution in [0.2, 0.25) is 0 Å². The van der Waals surface area contributed by atoms with E-state index in [1.807, 2.05) is 37.3 Å². The quantitative estimate of drug-likeness (QED) is 0.734. The van der Waals surface area contributed by atoms with Crippen LogP contribution in [0.5, 0.6) is 0 Å². The zero-order valence-electron chi connectivity index (χ0n) is 10.3. The summed E-state index contributed by atoms with van der Waals surface area (Å²) in [6, 6.07) is 15.7. The highest BCUT2D eigenvalue weighted by Crippen LogP contribution is 2.25. The van der Waals surface area contributed by atoms with Gasteiger partial charge >= 0.3 is 0 Å². The van der Waals surface area contributed by atoms with Crippen LogP contribution in [-0.2, 0) is 0 Å². The first-order chi connectivity index (χ1) is 8.74. The van der Waals surface area contributed by atoms with E-state index in [-0.39, 0.29) is 17.3 Å². The number of hydrogen-bond acceptors (Lipinski definition) is 1. The summed E-state index contributed by atoms with van der Waals surface area (Å²) in [5, 5.41) is 0. The zero-order chi connectivity index (χ0) is 13.0. The standard InChI is InChI=1S/C16H15FO/c1-2-13(12-8-4-3-5-9-12)16(18)14-10-6-7-11-15(14)17/h3-11,13H,2H2,1H3. The van der Waals surface area contributed by atoms with Crippen molar-refractivity contribution in [1.82, 2.24) is 0 Å². The van der Waals surface area contributed by atoms with Crippen LogP contribution in [0.25, 0.3) is 0 Å². The number of halogens is 1. The van der Waals surface area contributed by atoms with Crippen molar-refractivity contribution >= 4 is 5.78 Å². The number of ketones is 1. The van der Waals surface area contributed by atoms with Crippen LogP contribution in [0.1, 0.15) is 35.2 Å². The molecule has 92 valence electrons. The summed E-state index contributed by atoms with van der Waals surface area (Å²) < 4.78 is 13.6. The highest BCUT2D eigenvalue weighted by Gasteiger charge is 2.22. The van der Waals surface area contributed by atoms with Crippen LogP contribution < -0.4 is 0 Å². The first-order valence-electron chi connectivity index (χ1n) is 6.07. The number of rotatable bonds is 4. The van der Waals surface area contributed by atoms with Gasteiger partial charge < -0.3 is 0 Å². The molecule has 0 bridgehead atoms. The van der Waals surface area contributed by atoms with Gasteiger partial charge in [0.1, 0.15) is 5.82 Å². The summed E-state index contributed by atoms with van der Waals surface area (Å²) in [4.78, 5) is 12.4. The summed E-state index contributed by atoms with van der Waals surface area (Å²) in [7, 11) is 0. The molecule has 1 nitrogen and oxygen atoms in total. The summed E-state index contributed by atoms with van der Waals surface area (Å²) in [6.07, 6.45) is 0.664. The molecular weight excluding hydrogens is 227 g/mol. The maximum atomic E-state index is 13.6. The van der Waals surface area contributed by atoms with Crippen molar-refractivity contribution in [2.45, 2.75) is 19.3 Å². The van der Waals surface area contributed by atoms with Gasteiger partial charge in [-0.3, -0.25) is 4.79 Å². The van der Waals surface area contributed by atoms with Crippen molar-refractivity contribution in [2.75, 3.05) is 0 Å². The molecular formula is C16H15FO. The first-order valence-corrected chi connectivity index (χ1v) is 6.07. The molecule has 2 aromatic rings. The number of Topliss-reactive ketones (excluding diaryl/α,β-unsaturated/α-hetero) is 1. The molecule has 2 aromatic carbocycles. The smallest absolute Gasteiger partial charge is 0.173 e. The Bertz CT molecular complexity index is 534. The molecule has 0 aliphatic rings. The minimum atomic E-state index is -0.447. The van der Waals surface area contributed by atoms with Crippen LogP contribution in [0.15, 0.2) is 54.6 Å². The number of hydrogen-bond donors (Lipinski definition) is 0. The van der Waals surface area contributed by atoms with E-state index in [1.165, 1.54) is 6.07 Å². The zero-order valence-corrected chi connectivity index (χ0v) is 10.3. The molecule has 1 unspecified atom stereocenters. The molecule has 0 aliphatic heterocycles. The molecule has 0 aliphatic carbocycles. The van der Waals surface area contributed by atoms with Gasteiger partial charge in [0.05, 0.1) is 5.56 Å². The van der Waals surface area contributed by atoms with Crippen LogP contribution in [0.4, 0.5) is 4.39 Å². The second kappa shape index (κ2) is 5.58. The van der Waals surface area contributed by atoms with Gasteiger partial charge in [-0.1, -0.05) is 49.4 Å². The van der Waals surface area contributed by atoms with Gasteiger partial charge in [-0.25, -0.2) is 4.39 Å². The van der Waals surface area contributed by atoms with Gasteiger partial charge in [-0.05, 0) is 24.1 Å². The highest BCUT2D eigenvalue weighted by atomic mass is 19.1. The lowest BCUT2D eigenvalue weighted by atomic mass is 9.88. The molecule has 2 rings (SSSR count). The second-order valence-corrected chi connectivity index (χ2v) is 4.22. The monoisotopic (exact) mass is 242 g/mol. The van der Waals surface area contributed by atoms with Crippen molar-refractivity contribution in [3.63, 3.8) is 0 Å². The average Bonchev–Trinajstić information content (AvgIpc) is 2.41. The van der Waals surface area contributed by atoms with Gasteiger partial charge in [0.2, 0.25) is 0 Å². The van der Waals surface area contributed by atoms with Crippen molar-refractivity contribution in [3.8, 4) is 0 Å². The highest BCUT2D eigenvalue weighted by molar-refractivity contribution is 6.01. The van der Waals surface area contributed by atoms with E-state index >= 15 is 0 Å². The topological polar surface area (TPSA) is 17.1 Å². The Hall–Kier alpha value is -1.96. The van der Waals surface area contributed by atoms with Crippen molar-refractivity contribution in [3.05, 3.63) is 71.5 Å². The summed E-state index contributed by atoms with van der Waals surface area (Å²) in [5.41, 5.74) is 1.11. The Labute approximate surface area is 106 Å². The van der Waals surface area contributed by atoms with Crippen molar-refractivity contribution in [2.24, 2.45) is 0 Å². The van der Waals surface area contributed by atoms with Gasteiger partial charge in [0, 0.05) is 5.92 Å². The Kier molecular flexibility index (Phi) is 3.88. The fourth-order valence-electron chi connectivity index (χ4n) is 2.11. The molecule has 2 heteroatoms. The molecule has 0 amide bonds. The molecule has 0 fully saturated rings. The number of carbonyl (C=O) groups is 1. The fraction of sp³-hybridized carbons (Fsp3) is 0.188. The largest absolute Gasteiger partial charge is 0.293 e. The van der Waals surface area contributed by atoms with Crippen LogP contribution in [0.3, 0.4) is 0 Å². The van der Waals surface area contributed by atoms with Gasteiger partial charge in [-0.15, -0.1) is 0 Å². The lowest BCUT2D eigenvalue weighted by Crippen LogP contribution is -2.13. The van der Waals surface area contributed by atoms with E-state index in [9.17, 15) is 9.18 Å². The van der Waals surface area contributed by atoms with Crippen LogP contribution in [-0.4, -0.2) is 5.78 Å². The Morgan fingerprint density at radius 1 is 1.06 bits per heavy atom. The van der Waals surface area contributed by atoms with Gasteiger partial charge in [0.15, 0.2) is 5.78 Å². The minimum Gasteiger partial charge on any atom is -0.293 e. The van der Waals surface area contributed by atoms with E-state index in [0.29, 0.717) is 6.42 Å². The number of benzene rings is 2. The van der Waals surface area contributed by atoms with E-state index in [2.05, 4.69) is 0 Å². The Balaban J connectivity index is 2.35. The molecule has 0 radical (unpaired) electrons. The molecule has 0 saturated heterocycles. The van der Waals surface area contributed by atoms with Crippen LogP contribution in [0, 0.1) is 5.82 Å². The maximum Gasteiger partial charge on any atom is 0.173 e. The molecule has 1 atom stereocenters. The second-order valence-electron chi connectivity index (χ2n) is 4.22. The fourth-order valence-corrected chi connectivity index (χ4v) is 2.11. The average molecular weight is 242 g/mol. The summed E-state index contributed by atoms with van der Waals surface area (Å²) in [6.45, 7) is 1.94. The lowest BCUT2D eigenvalue weighted by Gasteiger charge is -2.14. The molecule has 0 heterocycles. The van der Waals surface area contributed by atoms with Crippen molar-refractivity contribution in [1.29, 1.82) is 0 Å². The van der Waals surface area contributed by atoms with Crippen molar-refractivity contribution < 1.29 is 9.18 Å². The predicted molar refractivity (Wildman–Crippen MR) is 70.2 cm³/mol. The van der Waals surface area contributed by atoms with E-state index < -0.39 is 5.82 Å². The Morgan fingerprint density at radius 3 is 2.28 bits per heavy atom. The molecule has 0 aromatic heterocycles. The Morgan fingerprint density at radius 2 is 1.67 bits per heavy atom. The molecule has 18 heavy (non-hydrogen) atoms. The van der Waals surface area contributed by atoms with E-state index in [1.54, 1.807) is 18.2 Å². The van der Waals surface area contributed by atoms with Gasteiger partial charge in [-0.2, -0.15) is 0 Å². The molecule has 0 saturated carbocycles. The van der Waals surface area contributed by atoms with Gasteiger partial charge in [0.25, 0.3) is 0 Å². The minimum absolute atomic E-state index is 0.151. The van der Waals surface area contributed by atoms with Crippen LogP contribution >= 0.6 is 0 Å². The SMILES string of the molecule is CCC(C(=O)c1ccccc1F)c1ccccc1. The summed E-state index contributed by atoms with van der Waals surface area (Å²) in [5.74, 6) is -0.873. The normalized spacial score (nSPS) is 12.1. The maximum absolute atomic E-state index is 13.6. The predicted octanol–water partition coefficient (Wildman–Crippen LogP) is 4.20. The first kappa shape index (κ1) is 12.5. The summed E-state index contributed by atoms with van der Waals surface area (Å²) >= 11 is 0. The van der Waals surface area contributed by atoms with E-state index in [0.717, 1.165) is 5.56 Å². The third-order valence-corrected chi connectivity index (χ3v) is 3.07. The lowest BCUT2D eigenvalue weighted by molar-refractivity contribution is 0.0953. The third-order valence-electron chi connectivity index (χ3n) is 3.07. The molecule has 0 N–H and O–H groups in total. The van der Waals surface area contributed by atoms with E-state index in [4.69, 9.17) is 0 Å². The molecule has 0 spiro atoms.